The zero-order valence-electron chi connectivity index (χ0n) is 13.2. The SMILES string of the molecule is N#C/C(=C/c1cn[nH]c1-c1ccc(Br)cc1)C(=O)Nc1sccc1C#N. The van der Waals surface area contributed by atoms with Gasteiger partial charge in [0.2, 0.25) is 0 Å². The van der Waals surface area contributed by atoms with Crippen LogP contribution in [0.3, 0.4) is 0 Å². The second-order valence-corrected chi connectivity index (χ2v) is 6.94. The van der Waals surface area contributed by atoms with Crippen molar-refractivity contribution in [2.75, 3.05) is 5.32 Å². The van der Waals surface area contributed by atoms with Gasteiger partial charge in [0.1, 0.15) is 22.7 Å². The lowest BCUT2D eigenvalue weighted by molar-refractivity contribution is -0.112. The van der Waals surface area contributed by atoms with Crippen molar-refractivity contribution in [3.63, 3.8) is 0 Å². The number of aromatic nitrogens is 2. The number of nitriles is 2. The molecule has 3 rings (SSSR count). The van der Waals surface area contributed by atoms with Crippen LogP contribution in [0.15, 0.2) is 52.0 Å². The third kappa shape index (κ3) is 3.72. The molecule has 2 N–H and O–H groups in total. The molecule has 0 saturated carbocycles. The molecule has 3 aromatic rings. The number of halogens is 1. The van der Waals surface area contributed by atoms with Gasteiger partial charge in [-0.25, -0.2) is 0 Å². The fraction of sp³-hybridized carbons (Fsp3) is 0. The summed E-state index contributed by atoms with van der Waals surface area (Å²) >= 11 is 4.61. The fourth-order valence-corrected chi connectivity index (χ4v) is 3.22. The van der Waals surface area contributed by atoms with E-state index in [2.05, 4.69) is 31.4 Å². The van der Waals surface area contributed by atoms with Gasteiger partial charge in [-0.2, -0.15) is 15.6 Å². The first-order valence-electron chi connectivity index (χ1n) is 7.32. The highest BCUT2D eigenvalue weighted by Gasteiger charge is 2.15. The van der Waals surface area contributed by atoms with Gasteiger partial charge < -0.3 is 5.32 Å². The number of hydrogen-bond acceptors (Lipinski definition) is 5. The summed E-state index contributed by atoms with van der Waals surface area (Å²) in [6, 6.07) is 13.1. The Kier molecular flexibility index (Phi) is 5.28. The Hall–Kier alpha value is -3.20. The van der Waals surface area contributed by atoms with Crippen LogP contribution in [0.5, 0.6) is 0 Å². The van der Waals surface area contributed by atoms with Gasteiger partial charge in [-0.1, -0.05) is 28.1 Å². The zero-order valence-corrected chi connectivity index (χ0v) is 15.6. The largest absolute Gasteiger partial charge is 0.312 e. The van der Waals surface area contributed by atoms with Gasteiger partial charge in [0.15, 0.2) is 0 Å². The van der Waals surface area contributed by atoms with E-state index in [1.165, 1.54) is 17.4 Å². The molecule has 0 aliphatic carbocycles. The van der Waals surface area contributed by atoms with Crippen molar-refractivity contribution in [3.8, 4) is 23.4 Å². The van der Waals surface area contributed by atoms with Crippen LogP contribution in [0.2, 0.25) is 0 Å². The number of benzene rings is 1. The molecule has 2 heterocycles. The molecule has 26 heavy (non-hydrogen) atoms. The van der Waals surface area contributed by atoms with Gasteiger partial charge in [0.05, 0.1) is 17.5 Å². The van der Waals surface area contributed by atoms with Crippen LogP contribution in [0.4, 0.5) is 5.00 Å². The lowest BCUT2D eigenvalue weighted by Crippen LogP contribution is -2.13. The van der Waals surface area contributed by atoms with E-state index in [1.807, 2.05) is 36.4 Å². The van der Waals surface area contributed by atoms with Gasteiger partial charge in [-0.05, 0) is 29.7 Å². The van der Waals surface area contributed by atoms with E-state index in [4.69, 9.17) is 5.26 Å². The van der Waals surface area contributed by atoms with E-state index in [9.17, 15) is 10.1 Å². The number of amides is 1. The third-order valence-corrected chi connectivity index (χ3v) is 4.84. The van der Waals surface area contributed by atoms with Crippen molar-refractivity contribution in [2.24, 2.45) is 0 Å². The molecule has 0 fully saturated rings. The van der Waals surface area contributed by atoms with E-state index in [0.29, 0.717) is 21.8 Å². The first-order valence-corrected chi connectivity index (χ1v) is 8.99. The summed E-state index contributed by atoms with van der Waals surface area (Å²) in [6.45, 7) is 0. The normalized spacial score (nSPS) is 10.8. The number of aromatic amines is 1. The first-order chi connectivity index (χ1) is 12.6. The monoisotopic (exact) mass is 423 g/mol. The number of anilines is 1. The highest BCUT2D eigenvalue weighted by molar-refractivity contribution is 9.10. The molecule has 0 aliphatic rings. The highest BCUT2D eigenvalue weighted by Crippen LogP contribution is 2.26. The van der Waals surface area contributed by atoms with Crippen molar-refractivity contribution >= 4 is 44.3 Å². The van der Waals surface area contributed by atoms with Crippen molar-refractivity contribution in [3.05, 3.63) is 63.1 Å². The number of thiophene rings is 1. The molecule has 1 amide bonds. The Morgan fingerprint density at radius 2 is 2.04 bits per heavy atom. The predicted octanol–water partition coefficient (Wildman–Crippen LogP) is 4.32. The van der Waals surface area contributed by atoms with Gasteiger partial charge >= 0.3 is 0 Å². The Bertz CT molecular complexity index is 1070. The fourth-order valence-electron chi connectivity index (χ4n) is 2.22. The molecule has 0 unspecified atom stereocenters. The molecule has 126 valence electrons. The van der Waals surface area contributed by atoms with Crippen molar-refractivity contribution < 1.29 is 4.79 Å². The maximum atomic E-state index is 12.4. The number of hydrogen-bond donors (Lipinski definition) is 2. The second-order valence-electron chi connectivity index (χ2n) is 5.11. The van der Waals surface area contributed by atoms with Crippen LogP contribution >= 0.6 is 27.3 Å². The summed E-state index contributed by atoms with van der Waals surface area (Å²) in [7, 11) is 0. The van der Waals surface area contributed by atoms with Gasteiger partial charge in [-0.15, -0.1) is 11.3 Å². The molecule has 0 bridgehead atoms. The standard InChI is InChI=1S/C18H10BrN5OS/c19-15-3-1-11(2-4-15)16-14(10-22-24-16)7-13(9-21)17(25)23-18-12(8-20)5-6-26-18/h1-7,10H,(H,22,24)(H,23,25)/b13-7-. The van der Waals surface area contributed by atoms with E-state index in [-0.39, 0.29) is 5.57 Å². The van der Waals surface area contributed by atoms with Crippen LogP contribution in [0.25, 0.3) is 17.3 Å². The number of nitrogens with one attached hydrogen (secondary N) is 2. The lowest BCUT2D eigenvalue weighted by atomic mass is 10.1. The molecular formula is C18H10BrN5OS. The topological polar surface area (TPSA) is 105 Å². The Labute approximate surface area is 161 Å². The molecule has 0 spiro atoms. The predicted molar refractivity (Wildman–Crippen MR) is 103 cm³/mol. The highest BCUT2D eigenvalue weighted by atomic mass is 79.9. The number of carbonyl (C=O) groups is 1. The third-order valence-electron chi connectivity index (χ3n) is 3.48. The average molecular weight is 424 g/mol. The minimum absolute atomic E-state index is 0.0814. The van der Waals surface area contributed by atoms with Crippen LogP contribution in [0, 0.1) is 22.7 Å². The van der Waals surface area contributed by atoms with Crippen LogP contribution in [-0.2, 0) is 4.79 Å². The number of carbonyl (C=O) groups excluding carboxylic acids is 1. The summed E-state index contributed by atoms with van der Waals surface area (Å²) in [5.41, 5.74) is 2.47. The summed E-state index contributed by atoms with van der Waals surface area (Å²) in [6.07, 6.45) is 3.02. The minimum atomic E-state index is -0.575. The van der Waals surface area contributed by atoms with Gasteiger partial charge in [-0.3, -0.25) is 9.89 Å². The molecular weight excluding hydrogens is 414 g/mol. The van der Waals surface area contributed by atoms with Crippen molar-refractivity contribution in [1.82, 2.24) is 10.2 Å². The summed E-state index contributed by atoms with van der Waals surface area (Å²) < 4.78 is 0.944. The van der Waals surface area contributed by atoms with Gasteiger partial charge in [0.25, 0.3) is 5.91 Å². The molecule has 6 nitrogen and oxygen atoms in total. The number of rotatable bonds is 4. The number of H-pyrrole nitrogens is 1. The van der Waals surface area contributed by atoms with E-state index < -0.39 is 5.91 Å². The van der Waals surface area contributed by atoms with Crippen molar-refractivity contribution in [1.29, 1.82) is 10.5 Å². The minimum Gasteiger partial charge on any atom is -0.312 e. The molecule has 0 radical (unpaired) electrons. The zero-order chi connectivity index (χ0) is 18.5. The van der Waals surface area contributed by atoms with Crippen molar-refractivity contribution in [2.45, 2.75) is 0 Å². The quantitative estimate of drug-likeness (QED) is 0.481. The van der Waals surface area contributed by atoms with E-state index >= 15 is 0 Å². The Morgan fingerprint density at radius 1 is 1.27 bits per heavy atom. The Balaban J connectivity index is 1.90. The molecule has 8 heteroatoms. The van der Waals surface area contributed by atoms with E-state index in [1.54, 1.807) is 17.6 Å². The first kappa shape index (κ1) is 17.6. The van der Waals surface area contributed by atoms with Crippen LogP contribution < -0.4 is 5.32 Å². The Morgan fingerprint density at radius 3 is 2.73 bits per heavy atom. The lowest BCUT2D eigenvalue weighted by Gasteiger charge is -2.03. The second kappa shape index (κ2) is 7.79. The molecule has 2 aromatic heterocycles. The molecule has 0 aliphatic heterocycles. The molecule has 0 atom stereocenters. The van der Waals surface area contributed by atoms with Gasteiger partial charge in [0, 0.05) is 15.6 Å². The van der Waals surface area contributed by atoms with Crippen LogP contribution in [0.1, 0.15) is 11.1 Å². The summed E-state index contributed by atoms with van der Waals surface area (Å²) in [5.74, 6) is -0.575. The summed E-state index contributed by atoms with van der Waals surface area (Å²) in [5, 5.41) is 30.0. The van der Waals surface area contributed by atoms with E-state index in [0.717, 1.165) is 10.0 Å². The summed E-state index contributed by atoms with van der Waals surface area (Å²) in [4.78, 5) is 12.4. The number of nitrogens with zero attached hydrogens (tertiary/aromatic N) is 3. The molecule has 0 saturated heterocycles. The molecule has 1 aromatic carbocycles. The maximum absolute atomic E-state index is 12.4. The smallest absolute Gasteiger partial charge is 0.266 e. The maximum Gasteiger partial charge on any atom is 0.266 e. The average Bonchev–Trinajstić information content (AvgIpc) is 3.29. The van der Waals surface area contributed by atoms with Crippen LogP contribution in [-0.4, -0.2) is 16.1 Å².